The normalized spacial score (nSPS) is 15.6. The largest absolute Gasteiger partial charge is 0.349 e. The average molecular weight is 416 g/mol. The SMILES string of the molecule is Cc1ccc2nc3sc(C(=O)NC4CCN(Cc5ccccc5)CC4)cc3cc2c1. The first-order chi connectivity index (χ1) is 14.6. The number of hydrogen-bond donors (Lipinski definition) is 1. The zero-order valence-corrected chi connectivity index (χ0v) is 17.9. The zero-order valence-electron chi connectivity index (χ0n) is 17.1. The average Bonchev–Trinajstić information content (AvgIpc) is 3.17. The number of fused-ring (bicyclic) bond motifs is 2. The number of rotatable bonds is 4. The Hall–Kier alpha value is -2.76. The van der Waals surface area contributed by atoms with Crippen LogP contribution in [0.5, 0.6) is 0 Å². The molecule has 0 radical (unpaired) electrons. The lowest BCUT2D eigenvalue weighted by molar-refractivity contribution is 0.0913. The molecule has 0 aliphatic carbocycles. The second-order valence-corrected chi connectivity index (χ2v) is 9.23. The van der Waals surface area contributed by atoms with Gasteiger partial charge in [0, 0.05) is 36.4 Å². The van der Waals surface area contributed by atoms with Gasteiger partial charge in [-0.05, 0) is 49.6 Å². The molecule has 2 aromatic heterocycles. The molecule has 1 aliphatic heterocycles. The van der Waals surface area contributed by atoms with E-state index in [9.17, 15) is 4.79 Å². The van der Waals surface area contributed by atoms with E-state index in [0.717, 1.165) is 58.5 Å². The number of pyridine rings is 1. The lowest BCUT2D eigenvalue weighted by Gasteiger charge is -2.32. The number of hydrogen-bond acceptors (Lipinski definition) is 4. The number of carbonyl (C=O) groups excluding carboxylic acids is 1. The van der Waals surface area contributed by atoms with Crippen molar-refractivity contribution in [2.75, 3.05) is 13.1 Å². The fourth-order valence-corrected chi connectivity index (χ4v) is 5.13. The van der Waals surface area contributed by atoms with Crippen molar-refractivity contribution >= 4 is 38.4 Å². The van der Waals surface area contributed by atoms with Crippen LogP contribution in [0.2, 0.25) is 0 Å². The first kappa shape index (κ1) is 19.2. The van der Waals surface area contributed by atoms with Crippen LogP contribution >= 0.6 is 11.3 Å². The Morgan fingerprint density at radius 1 is 1.07 bits per heavy atom. The van der Waals surface area contributed by atoms with Gasteiger partial charge in [0.25, 0.3) is 5.91 Å². The summed E-state index contributed by atoms with van der Waals surface area (Å²) in [5.41, 5.74) is 3.54. The number of amides is 1. The van der Waals surface area contributed by atoms with Crippen molar-refractivity contribution in [3.8, 4) is 0 Å². The summed E-state index contributed by atoms with van der Waals surface area (Å²) in [5.74, 6) is 0.0275. The summed E-state index contributed by atoms with van der Waals surface area (Å²) in [5, 5.41) is 5.41. The predicted molar refractivity (Wildman–Crippen MR) is 124 cm³/mol. The molecule has 1 amide bonds. The van der Waals surface area contributed by atoms with Gasteiger partial charge in [0.15, 0.2) is 0 Å². The minimum atomic E-state index is 0.0275. The Labute approximate surface area is 180 Å². The van der Waals surface area contributed by atoms with Crippen LogP contribution in [0, 0.1) is 6.92 Å². The molecule has 152 valence electrons. The molecule has 1 N–H and O–H groups in total. The maximum atomic E-state index is 12.9. The van der Waals surface area contributed by atoms with E-state index in [1.54, 1.807) is 0 Å². The van der Waals surface area contributed by atoms with Gasteiger partial charge < -0.3 is 5.32 Å². The van der Waals surface area contributed by atoms with Crippen LogP contribution < -0.4 is 5.32 Å². The highest BCUT2D eigenvalue weighted by Gasteiger charge is 2.22. The molecule has 4 nitrogen and oxygen atoms in total. The molecule has 1 fully saturated rings. The second-order valence-electron chi connectivity index (χ2n) is 8.20. The predicted octanol–water partition coefficient (Wildman–Crippen LogP) is 5.15. The Bertz CT molecular complexity index is 1190. The molecule has 0 saturated carbocycles. The number of aryl methyl sites for hydroxylation is 1. The highest BCUT2D eigenvalue weighted by Crippen LogP contribution is 2.28. The number of piperidine rings is 1. The van der Waals surface area contributed by atoms with Crippen molar-refractivity contribution in [1.82, 2.24) is 15.2 Å². The van der Waals surface area contributed by atoms with E-state index in [1.165, 1.54) is 22.5 Å². The lowest BCUT2D eigenvalue weighted by Crippen LogP contribution is -2.44. The van der Waals surface area contributed by atoms with Crippen molar-refractivity contribution in [2.24, 2.45) is 0 Å². The number of thiophene rings is 1. The van der Waals surface area contributed by atoms with Crippen LogP contribution in [0.1, 0.15) is 33.6 Å². The van der Waals surface area contributed by atoms with Crippen molar-refractivity contribution in [3.05, 3.63) is 76.7 Å². The quantitative estimate of drug-likeness (QED) is 0.501. The highest BCUT2D eigenvalue weighted by molar-refractivity contribution is 7.20. The smallest absolute Gasteiger partial charge is 0.261 e. The molecule has 0 unspecified atom stereocenters. The van der Waals surface area contributed by atoms with Crippen molar-refractivity contribution < 1.29 is 4.79 Å². The molecule has 5 heteroatoms. The van der Waals surface area contributed by atoms with Crippen LogP contribution in [0.4, 0.5) is 0 Å². The van der Waals surface area contributed by atoms with Crippen LogP contribution in [0.15, 0.2) is 60.7 Å². The fourth-order valence-electron chi connectivity index (χ4n) is 4.20. The number of likely N-dealkylation sites (tertiary alicyclic amines) is 1. The van der Waals surface area contributed by atoms with Crippen LogP contribution in [0.25, 0.3) is 21.1 Å². The highest BCUT2D eigenvalue weighted by atomic mass is 32.1. The number of nitrogens with one attached hydrogen (secondary N) is 1. The lowest BCUT2D eigenvalue weighted by atomic mass is 10.0. The summed E-state index contributed by atoms with van der Waals surface area (Å²) < 4.78 is 0. The van der Waals surface area contributed by atoms with Crippen LogP contribution in [-0.2, 0) is 6.54 Å². The van der Waals surface area contributed by atoms with E-state index >= 15 is 0 Å². The number of carbonyl (C=O) groups is 1. The molecule has 0 spiro atoms. The molecular weight excluding hydrogens is 390 g/mol. The monoisotopic (exact) mass is 415 g/mol. The van der Waals surface area contributed by atoms with E-state index < -0.39 is 0 Å². The van der Waals surface area contributed by atoms with E-state index in [-0.39, 0.29) is 11.9 Å². The number of nitrogens with zero attached hydrogens (tertiary/aromatic N) is 2. The third kappa shape index (κ3) is 4.09. The maximum Gasteiger partial charge on any atom is 0.261 e. The summed E-state index contributed by atoms with van der Waals surface area (Å²) in [6, 6.07) is 21.2. The first-order valence-corrected chi connectivity index (χ1v) is 11.3. The first-order valence-electron chi connectivity index (χ1n) is 10.5. The summed E-state index contributed by atoms with van der Waals surface area (Å²) >= 11 is 1.48. The third-order valence-corrected chi connectivity index (χ3v) is 6.90. The maximum absolute atomic E-state index is 12.9. The summed E-state index contributed by atoms with van der Waals surface area (Å²) in [7, 11) is 0. The van der Waals surface area contributed by atoms with Gasteiger partial charge in [-0.25, -0.2) is 4.98 Å². The Morgan fingerprint density at radius 3 is 2.67 bits per heavy atom. The van der Waals surface area contributed by atoms with Gasteiger partial charge in [0.2, 0.25) is 0 Å². The molecule has 3 heterocycles. The van der Waals surface area contributed by atoms with Crippen LogP contribution in [-0.4, -0.2) is 34.9 Å². The topological polar surface area (TPSA) is 45.2 Å². The molecule has 1 aliphatic rings. The van der Waals surface area contributed by atoms with Crippen molar-refractivity contribution in [1.29, 1.82) is 0 Å². The van der Waals surface area contributed by atoms with Crippen molar-refractivity contribution in [2.45, 2.75) is 32.4 Å². The second kappa shape index (κ2) is 8.17. The number of aromatic nitrogens is 1. The van der Waals surface area contributed by atoms with Crippen molar-refractivity contribution in [3.63, 3.8) is 0 Å². The number of benzene rings is 2. The Kier molecular flexibility index (Phi) is 5.23. The Balaban J connectivity index is 1.23. The zero-order chi connectivity index (χ0) is 20.5. The molecule has 0 atom stereocenters. The van der Waals surface area contributed by atoms with Gasteiger partial charge in [-0.1, -0.05) is 42.0 Å². The minimum absolute atomic E-state index is 0.0275. The standard InChI is InChI=1S/C25H25N3OS/c1-17-7-8-22-19(13-17)14-20-15-23(30-25(20)27-22)24(29)26-21-9-11-28(12-10-21)16-18-5-3-2-4-6-18/h2-8,13-15,21H,9-12,16H2,1H3,(H,26,29). The van der Waals surface area contributed by atoms with Gasteiger partial charge in [-0.3, -0.25) is 9.69 Å². The van der Waals surface area contributed by atoms with E-state index in [4.69, 9.17) is 4.98 Å². The van der Waals surface area contributed by atoms with E-state index in [1.807, 2.05) is 12.1 Å². The summed E-state index contributed by atoms with van der Waals surface area (Å²) in [4.78, 5) is 21.7. The molecule has 0 bridgehead atoms. The summed E-state index contributed by atoms with van der Waals surface area (Å²) in [6.07, 6.45) is 1.98. The van der Waals surface area contributed by atoms with Gasteiger partial charge in [-0.15, -0.1) is 11.3 Å². The summed E-state index contributed by atoms with van der Waals surface area (Å²) in [6.45, 7) is 5.09. The molecular formula is C25H25N3OS. The Morgan fingerprint density at radius 2 is 1.87 bits per heavy atom. The van der Waals surface area contributed by atoms with Gasteiger partial charge in [0.1, 0.15) is 4.83 Å². The van der Waals surface area contributed by atoms with E-state index in [0.29, 0.717) is 0 Å². The molecule has 30 heavy (non-hydrogen) atoms. The van der Waals surface area contributed by atoms with Gasteiger partial charge in [-0.2, -0.15) is 0 Å². The molecule has 1 saturated heterocycles. The van der Waals surface area contributed by atoms with E-state index in [2.05, 4.69) is 65.7 Å². The molecule has 5 rings (SSSR count). The fraction of sp³-hybridized carbons (Fsp3) is 0.280. The van der Waals surface area contributed by atoms with Gasteiger partial charge >= 0.3 is 0 Å². The molecule has 4 aromatic rings. The molecule has 2 aromatic carbocycles. The minimum Gasteiger partial charge on any atom is -0.349 e. The van der Waals surface area contributed by atoms with Crippen LogP contribution in [0.3, 0.4) is 0 Å². The third-order valence-electron chi connectivity index (χ3n) is 5.85. The van der Waals surface area contributed by atoms with Gasteiger partial charge in [0.05, 0.1) is 10.4 Å².